The molecule has 0 bridgehead atoms. The predicted octanol–water partition coefficient (Wildman–Crippen LogP) is 3.36. The summed E-state index contributed by atoms with van der Waals surface area (Å²) in [7, 11) is 1.54. The average molecular weight is 303 g/mol. The Balaban J connectivity index is 2.30. The van der Waals surface area contributed by atoms with Crippen molar-refractivity contribution < 1.29 is 9.15 Å². The number of nitrogens with zero attached hydrogens (tertiary/aromatic N) is 1. The van der Waals surface area contributed by atoms with Crippen molar-refractivity contribution in [1.29, 1.82) is 0 Å². The Morgan fingerprint density at radius 3 is 2.81 bits per heavy atom. The molecule has 0 aliphatic carbocycles. The minimum Gasteiger partial charge on any atom is -0.495 e. The van der Waals surface area contributed by atoms with Crippen LogP contribution >= 0.6 is 11.6 Å². The van der Waals surface area contributed by atoms with Crippen LogP contribution in [0.5, 0.6) is 5.75 Å². The molecule has 3 aromatic rings. The number of benzene rings is 1. The van der Waals surface area contributed by atoms with Crippen molar-refractivity contribution in [3.05, 3.63) is 58.4 Å². The quantitative estimate of drug-likeness (QED) is 0.805. The SMILES string of the molecule is COc1c[nH]c(=O)cc1-c1cc(Cl)ccc1-c1cnco1. The second kappa shape index (κ2) is 5.46. The predicted molar refractivity (Wildman–Crippen MR) is 79.6 cm³/mol. The van der Waals surface area contributed by atoms with Crippen LogP contribution < -0.4 is 10.3 Å². The standard InChI is InChI=1S/C15H11ClN2O3/c1-20-13-7-18-15(19)5-12(13)11-4-9(16)2-3-10(11)14-6-17-8-21-14/h2-8H,1H3,(H,18,19). The highest BCUT2D eigenvalue weighted by molar-refractivity contribution is 6.31. The third-order valence-corrected chi connectivity index (χ3v) is 3.31. The number of halogens is 1. The number of oxazole rings is 1. The van der Waals surface area contributed by atoms with Crippen molar-refractivity contribution >= 4 is 11.6 Å². The first-order chi connectivity index (χ1) is 10.2. The van der Waals surface area contributed by atoms with Gasteiger partial charge in [0.1, 0.15) is 5.75 Å². The summed E-state index contributed by atoms with van der Waals surface area (Å²) in [5, 5.41) is 0.551. The molecule has 0 fully saturated rings. The molecule has 0 saturated carbocycles. The Kier molecular flexibility index (Phi) is 3.50. The van der Waals surface area contributed by atoms with Crippen LogP contribution in [0.2, 0.25) is 5.02 Å². The van der Waals surface area contributed by atoms with Crippen molar-refractivity contribution in [2.24, 2.45) is 0 Å². The van der Waals surface area contributed by atoms with E-state index in [-0.39, 0.29) is 5.56 Å². The van der Waals surface area contributed by atoms with E-state index in [1.807, 2.05) is 6.07 Å². The van der Waals surface area contributed by atoms with Crippen LogP contribution in [-0.2, 0) is 0 Å². The molecule has 0 unspecified atom stereocenters. The second-order valence-electron chi connectivity index (χ2n) is 4.33. The van der Waals surface area contributed by atoms with Crippen LogP contribution in [0.1, 0.15) is 0 Å². The molecule has 0 aliphatic rings. The molecule has 6 heteroatoms. The van der Waals surface area contributed by atoms with Crippen LogP contribution in [-0.4, -0.2) is 17.1 Å². The van der Waals surface area contributed by atoms with Gasteiger partial charge in [0.25, 0.3) is 0 Å². The number of hydrogen-bond donors (Lipinski definition) is 1. The van der Waals surface area contributed by atoms with E-state index in [1.165, 1.54) is 25.8 Å². The highest BCUT2D eigenvalue weighted by Gasteiger charge is 2.15. The monoisotopic (exact) mass is 302 g/mol. The van der Waals surface area contributed by atoms with E-state index in [4.69, 9.17) is 20.8 Å². The zero-order valence-electron chi connectivity index (χ0n) is 11.1. The fraction of sp³-hybridized carbons (Fsp3) is 0.0667. The van der Waals surface area contributed by atoms with E-state index in [0.717, 1.165) is 11.1 Å². The van der Waals surface area contributed by atoms with Gasteiger partial charge in [-0.25, -0.2) is 4.98 Å². The third-order valence-electron chi connectivity index (χ3n) is 3.08. The summed E-state index contributed by atoms with van der Waals surface area (Å²) in [5.41, 5.74) is 1.92. The third kappa shape index (κ3) is 2.55. The Hall–Kier alpha value is -2.53. The Morgan fingerprint density at radius 1 is 1.24 bits per heavy atom. The highest BCUT2D eigenvalue weighted by Crippen LogP contribution is 2.37. The van der Waals surface area contributed by atoms with Crippen LogP contribution in [0, 0.1) is 0 Å². The molecule has 0 atom stereocenters. The van der Waals surface area contributed by atoms with Gasteiger partial charge in [0.15, 0.2) is 12.2 Å². The highest BCUT2D eigenvalue weighted by atomic mass is 35.5. The van der Waals surface area contributed by atoms with Crippen LogP contribution in [0.15, 0.2) is 52.3 Å². The van der Waals surface area contributed by atoms with Gasteiger partial charge in [-0.3, -0.25) is 4.79 Å². The first kappa shape index (κ1) is 13.5. The fourth-order valence-electron chi connectivity index (χ4n) is 2.14. The normalized spacial score (nSPS) is 10.6. The summed E-state index contributed by atoms with van der Waals surface area (Å²) in [6.45, 7) is 0. The lowest BCUT2D eigenvalue weighted by atomic mass is 9.98. The van der Waals surface area contributed by atoms with Gasteiger partial charge in [-0.2, -0.15) is 0 Å². The molecule has 1 aromatic carbocycles. The van der Waals surface area contributed by atoms with Gasteiger partial charge in [0.05, 0.1) is 13.3 Å². The molecule has 0 amide bonds. The molecule has 0 spiro atoms. The Morgan fingerprint density at radius 2 is 2.10 bits per heavy atom. The molecule has 2 heterocycles. The van der Waals surface area contributed by atoms with Crippen molar-refractivity contribution in [3.8, 4) is 28.2 Å². The minimum atomic E-state index is -0.228. The average Bonchev–Trinajstić information content (AvgIpc) is 3.01. The number of aromatic amines is 1. The molecule has 106 valence electrons. The molecule has 0 saturated heterocycles. The molecule has 0 radical (unpaired) electrons. The minimum absolute atomic E-state index is 0.228. The maximum atomic E-state index is 11.6. The van der Waals surface area contributed by atoms with Crippen molar-refractivity contribution in [2.75, 3.05) is 7.11 Å². The number of hydrogen-bond acceptors (Lipinski definition) is 4. The molecule has 3 rings (SSSR count). The fourth-order valence-corrected chi connectivity index (χ4v) is 2.31. The second-order valence-corrected chi connectivity index (χ2v) is 4.77. The summed E-state index contributed by atoms with van der Waals surface area (Å²) in [6, 6.07) is 6.79. The van der Waals surface area contributed by atoms with E-state index >= 15 is 0 Å². The summed E-state index contributed by atoms with van der Waals surface area (Å²) >= 11 is 6.09. The number of methoxy groups -OCH3 is 1. The Labute approximate surface area is 125 Å². The van der Waals surface area contributed by atoms with E-state index < -0.39 is 0 Å². The zero-order valence-corrected chi connectivity index (χ0v) is 11.8. The van der Waals surface area contributed by atoms with E-state index in [9.17, 15) is 4.79 Å². The molecule has 2 aromatic heterocycles. The smallest absolute Gasteiger partial charge is 0.248 e. The number of nitrogens with one attached hydrogen (secondary N) is 1. The van der Waals surface area contributed by atoms with Gasteiger partial charge < -0.3 is 14.1 Å². The van der Waals surface area contributed by atoms with E-state index in [2.05, 4.69) is 9.97 Å². The zero-order chi connectivity index (χ0) is 14.8. The molecular weight excluding hydrogens is 292 g/mol. The molecule has 0 aliphatic heterocycles. The first-order valence-corrected chi connectivity index (χ1v) is 6.52. The summed E-state index contributed by atoms with van der Waals surface area (Å²) in [6.07, 6.45) is 4.47. The topological polar surface area (TPSA) is 68.1 Å². The van der Waals surface area contributed by atoms with Crippen LogP contribution in [0.3, 0.4) is 0 Å². The van der Waals surface area contributed by atoms with Gasteiger partial charge in [-0.15, -0.1) is 0 Å². The molecule has 1 N–H and O–H groups in total. The van der Waals surface area contributed by atoms with Gasteiger partial charge in [-0.05, 0) is 23.8 Å². The maximum Gasteiger partial charge on any atom is 0.248 e. The lowest BCUT2D eigenvalue weighted by Crippen LogP contribution is -2.05. The lowest BCUT2D eigenvalue weighted by molar-refractivity contribution is 0.414. The largest absolute Gasteiger partial charge is 0.495 e. The van der Waals surface area contributed by atoms with Gasteiger partial charge in [-0.1, -0.05) is 11.6 Å². The number of ether oxygens (including phenoxy) is 1. The summed E-state index contributed by atoms with van der Waals surface area (Å²) in [4.78, 5) is 18.1. The van der Waals surface area contributed by atoms with Crippen molar-refractivity contribution in [3.63, 3.8) is 0 Å². The van der Waals surface area contributed by atoms with Crippen LogP contribution in [0.4, 0.5) is 0 Å². The molecular formula is C15H11ClN2O3. The van der Waals surface area contributed by atoms with Gasteiger partial charge in [0.2, 0.25) is 5.56 Å². The lowest BCUT2D eigenvalue weighted by Gasteiger charge is -2.11. The molecule has 21 heavy (non-hydrogen) atoms. The number of H-pyrrole nitrogens is 1. The number of pyridine rings is 1. The first-order valence-electron chi connectivity index (χ1n) is 6.14. The van der Waals surface area contributed by atoms with Gasteiger partial charge in [0, 0.05) is 28.4 Å². The Bertz CT molecular complexity index is 825. The number of rotatable bonds is 3. The van der Waals surface area contributed by atoms with E-state index in [0.29, 0.717) is 22.1 Å². The molecule has 5 nitrogen and oxygen atoms in total. The summed E-state index contributed by atoms with van der Waals surface area (Å²) < 4.78 is 10.7. The van der Waals surface area contributed by atoms with Gasteiger partial charge >= 0.3 is 0 Å². The summed E-state index contributed by atoms with van der Waals surface area (Å²) in [5.74, 6) is 1.13. The van der Waals surface area contributed by atoms with Crippen molar-refractivity contribution in [1.82, 2.24) is 9.97 Å². The maximum absolute atomic E-state index is 11.6. The van der Waals surface area contributed by atoms with Crippen molar-refractivity contribution in [2.45, 2.75) is 0 Å². The van der Waals surface area contributed by atoms with E-state index in [1.54, 1.807) is 18.3 Å². The number of aromatic nitrogens is 2. The van der Waals surface area contributed by atoms with Crippen LogP contribution in [0.25, 0.3) is 22.5 Å².